The summed E-state index contributed by atoms with van der Waals surface area (Å²) in [5, 5.41) is 5.09. The Morgan fingerprint density at radius 3 is 2.27 bits per heavy atom. The van der Waals surface area contributed by atoms with E-state index in [9.17, 15) is 0 Å². The lowest BCUT2D eigenvalue weighted by Crippen LogP contribution is -2.02. The fourth-order valence-electron chi connectivity index (χ4n) is 6.98. The van der Waals surface area contributed by atoms with Crippen LogP contribution in [0.25, 0.3) is 64.4 Å². The highest BCUT2D eigenvalue weighted by molar-refractivity contribution is 7.26. The first-order valence-corrected chi connectivity index (χ1v) is 15.2. The Morgan fingerprint density at radius 1 is 0.585 bits per heavy atom. The first-order chi connectivity index (χ1) is 20.3. The number of hydrogen-bond donors (Lipinski definition) is 0. The maximum absolute atomic E-state index is 6.06. The zero-order chi connectivity index (χ0) is 26.9. The third-order valence-corrected chi connectivity index (χ3v) is 10.2. The van der Waals surface area contributed by atoms with Gasteiger partial charge in [0.25, 0.3) is 0 Å². The number of para-hydroxylation sites is 1. The Bertz CT molecular complexity index is 2260. The van der Waals surface area contributed by atoms with Gasteiger partial charge in [0.15, 0.2) is 0 Å². The number of furan rings is 1. The van der Waals surface area contributed by atoms with Crippen molar-refractivity contribution in [1.29, 1.82) is 0 Å². The fraction of sp³-hybridized carbons (Fsp3) is 0.0769. The topological polar surface area (TPSA) is 13.1 Å². The third kappa shape index (κ3) is 3.54. The highest BCUT2D eigenvalue weighted by Gasteiger charge is 2.26. The summed E-state index contributed by atoms with van der Waals surface area (Å²) in [6, 6.07) is 46.8. The second kappa shape index (κ2) is 8.92. The lowest BCUT2D eigenvalue weighted by Gasteiger charge is -2.19. The van der Waals surface area contributed by atoms with Crippen molar-refractivity contribution in [3.05, 3.63) is 144 Å². The third-order valence-electron chi connectivity index (χ3n) is 8.96. The number of hydrogen-bond acceptors (Lipinski definition) is 2. The first kappa shape index (κ1) is 23.1. The van der Waals surface area contributed by atoms with Gasteiger partial charge < -0.3 is 4.42 Å². The molecule has 0 N–H and O–H groups in total. The molecule has 41 heavy (non-hydrogen) atoms. The molecule has 1 atom stereocenters. The molecule has 0 fully saturated rings. The van der Waals surface area contributed by atoms with E-state index in [0.29, 0.717) is 5.92 Å². The molecule has 2 heterocycles. The van der Waals surface area contributed by atoms with E-state index in [2.05, 4.69) is 115 Å². The van der Waals surface area contributed by atoms with Gasteiger partial charge in [-0.05, 0) is 70.5 Å². The monoisotopic (exact) mass is 542 g/mol. The van der Waals surface area contributed by atoms with Crippen molar-refractivity contribution < 1.29 is 4.42 Å². The average molecular weight is 543 g/mol. The van der Waals surface area contributed by atoms with Crippen LogP contribution >= 0.6 is 11.3 Å². The van der Waals surface area contributed by atoms with Gasteiger partial charge in [-0.15, -0.1) is 11.3 Å². The van der Waals surface area contributed by atoms with E-state index >= 15 is 0 Å². The van der Waals surface area contributed by atoms with Crippen LogP contribution in [0.2, 0.25) is 0 Å². The lowest BCUT2D eigenvalue weighted by atomic mass is 9.85. The van der Waals surface area contributed by atoms with Crippen LogP contribution in [0.1, 0.15) is 29.0 Å². The van der Waals surface area contributed by atoms with Crippen LogP contribution in [-0.2, 0) is 6.42 Å². The van der Waals surface area contributed by atoms with Gasteiger partial charge in [-0.3, -0.25) is 0 Å². The molecule has 0 amide bonds. The minimum atomic E-state index is 0.359. The summed E-state index contributed by atoms with van der Waals surface area (Å²) in [7, 11) is 0. The average Bonchev–Trinajstić information content (AvgIpc) is 3.54. The number of rotatable bonds is 2. The predicted octanol–water partition coefficient (Wildman–Crippen LogP) is 11.4. The van der Waals surface area contributed by atoms with Gasteiger partial charge in [0, 0.05) is 42.4 Å². The number of thiophene rings is 1. The van der Waals surface area contributed by atoms with Gasteiger partial charge in [0.1, 0.15) is 11.2 Å². The smallest absolute Gasteiger partial charge is 0.135 e. The molecule has 1 aliphatic rings. The highest BCUT2D eigenvalue weighted by atomic mass is 32.1. The molecule has 0 aliphatic heterocycles. The minimum absolute atomic E-state index is 0.359. The van der Waals surface area contributed by atoms with Crippen molar-refractivity contribution in [1.82, 2.24) is 0 Å². The van der Waals surface area contributed by atoms with Crippen molar-refractivity contribution in [2.75, 3.05) is 0 Å². The van der Waals surface area contributed by atoms with Crippen LogP contribution in [-0.4, -0.2) is 0 Å². The molecule has 0 saturated carbocycles. The second-order valence-electron chi connectivity index (χ2n) is 11.2. The molecule has 2 heteroatoms. The molecule has 8 aromatic rings. The van der Waals surface area contributed by atoms with Gasteiger partial charge in [-0.2, -0.15) is 0 Å². The molecule has 1 nitrogen and oxygen atoms in total. The van der Waals surface area contributed by atoms with E-state index in [-0.39, 0.29) is 0 Å². The molecule has 6 aromatic carbocycles. The van der Waals surface area contributed by atoms with E-state index in [0.717, 1.165) is 24.0 Å². The highest BCUT2D eigenvalue weighted by Crippen LogP contribution is 2.48. The molecular weight excluding hydrogens is 516 g/mol. The Balaban J connectivity index is 1.14. The lowest BCUT2D eigenvalue weighted by molar-refractivity contribution is 0.669. The van der Waals surface area contributed by atoms with Crippen LogP contribution in [0.15, 0.2) is 132 Å². The minimum Gasteiger partial charge on any atom is -0.456 e. The van der Waals surface area contributed by atoms with Crippen LogP contribution in [0.3, 0.4) is 0 Å². The predicted molar refractivity (Wildman–Crippen MR) is 174 cm³/mol. The Morgan fingerprint density at radius 2 is 1.34 bits per heavy atom. The molecule has 2 aromatic heterocycles. The summed E-state index contributed by atoms with van der Waals surface area (Å²) < 4.78 is 8.85. The summed E-state index contributed by atoms with van der Waals surface area (Å²) in [5.41, 5.74) is 11.5. The van der Waals surface area contributed by atoms with Gasteiger partial charge >= 0.3 is 0 Å². The zero-order valence-electron chi connectivity index (χ0n) is 22.4. The van der Waals surface area contributed by atoms with E-state index in [1.165, 1.54) is 69.9 Å². The van der Waals surface area contributed by atoms with Crippen molar-refractivity contribution in [2.24, 2.45) is 0 Å². The van der Waals surface area contributed by atoms with Crippen LogP contribution < -0.4 is 0 Å². The molecule has 0 radical (unpaired) electrons. The van der Waals surface area contributed by atoms with Crippen molar-refractivity contribution >= 4 is 53.4 Å². The standard InChI is InChI=1S/C39H26OS/c1-2-10-32-29(7-1)28(20-17-26-18-21-33-31-9-4-6-12-37(31)41-39(33)38(26)32)25-15-13-24(14-16-25)27-19-22-36-34(23-27)30-8-3-5-11-35(30)40-36/h1-16,18-19,21-23,28H,17,20H2. The molecule has 194 valence electrons. The van der Waals surface area contributed by atoms with Crippen LogP contribution in [0.5, 0.6) is 0 Å². The van der Waals surface area contributed by atoms with E-state index in [1.54, 1.807) is 0 Å². The summed E-state index contributed by atoms with van der Waals surface area (Å²) in [6.07, 6.45) is 2.18. The van der Waals surface area contributed by atoms with Gasteiger partial charge in [-0.25, -0.2) is 0 Å². The summed E-state index contributed by atoms with van der Waals surface area (Å²) in [4.78, 5) is 0. The summed E-state index contributed by atoms with van der Waals surface area (Å²) in [5.74, 6) is 0.359. The second-order valence-corrected chi connectivity index (χ2v) is 12.2. The normalized spacial score (nSPS) is 14.9. The molecule has 1 unspecified atom stereocenters. The number of benzene rings is 6. The maximum Gasteiger partial charge on any atom is 0.135 e. The SMILES string of the molecule is c1ccc2c(c1)-c1c(ccc3c1sc1ccccc13)CCC2c1ccc(-c2ccc3oc4ccccc4c3c2)cc1. The van der Waals surface area contributed by atoms with E-state index in [1.807, 2.05) is 23.5 Å². The molecular formula is C39H26OS. The first-order valence-electron chi connectivity index (χ1n) is 14.4. The summed E-state index contributed by atoms with van der Waals surface area (Å²) >= 11 is 1.94. The van der Waals surface area contributed by atoms with Crippen LogP contribution in [0.4, 0.5) is 0 Å². The van der Waals surface area contributed by atoms with Crippen molar-refractivity contribution in [2.45, 2.75) is 18.8 Å². The Kier molecular flexibility index (Phi) is 5.02. The Hall–Kier alpha value is -4.66. The number of fused-ring (bicyclic) bond motifs is 10. The van der Waals surface area contributed by atoms with E-state index in [4.69, 9.17) is 4.42 Å². The molecule has 0 spiro atoms. The zero-order valence-corrected chi connectivity index (χ0v) is 23.2. The molecule has 9 rings (SSSR count). The van der Waals surface area contributed by atoms with Crippen molar-refractivity contribution in [3.63, 3.8) is 0 Å². The maximum atomic E-state index is 6.06. The quantitative estimate of drug-likeness (QED) is 0.212. The molecule has 0 bridgehead atoms. The largest absolute Gasteiger partial charge is 0.456 e. The van der Waals surface area contributed by atoms with E-state index < -0.39 is 0 Å². The molecule has 1 aliphatic carbocycles. The fourth-order valence-corrected chi connectivity index (χ4v) is 8.26. The Labute approximate surface area is 242 Å². The van der Waals surface area contributed by atoms with Gasteiger partial charge in [0.05, 0.1) is 0 Å². The van der Waals surface area contributed by atoms with Crippen molar-refractivity contribution in [3.8, 4) is 22.3 Å². The van der Waals surface area contributed by atoms with Crippen LogP contribution in [0, 0.1) is 0 Å². The summed E-state index contributed by atoms with van der Waals surface area (Å²) in [6.45, 7) is 0. The van der Waals surface area contributed by atoms with Gasteiger partial charge in [-0.1, -0.05) is 103 Å². The molecule has 0 saturated heterocycles. The number of aryl methyl sites for hydroxylation is 1. The van der Waals surface area contributed by atoms with Gasteiger partial charge in [0.2, 0.25) is 0 Å².